The minimum Gasteiger partial charge on any atom is -0.361 e. The van der Waals surface area contributed by atoms with Crippen LogP contribution in [0.15, 0.2) is 40.7 Å². The van der Waals surface area contributed by atoms with E-state index in [0.717, 1.165) is 23.7 Å². The number of aromatic nitrogens is 1. The molecule has 1 heterocycles. The molecule has 0 atom stereocenters. The number of hydrogen-bond donors (Lipinski definition) is 2. The molecule has 102 valence electrons. The van der Waals surface area contributed by atoms with Crippen LogP contribution in [0.4, 0.5) is 5.13 Å². The highest BCUT2D eigenvalue weighted by Gasteiger charge is 2.10. The summed E-state index contributed by atoms with van der Waals surface area (Å²) in [7, 11) is -1.94. The lowest BCUT2D eigenvalue weighted by molar-refractivity contribution is 0.588. The first-order chi connectivity index (χ1) is 9.12. The van der Waals surface area contributed by atoms with Crippen molar-refractivity contribution in [3.8, 4) is 0 Å². The minimum absolute atomic E-state index is 0.284. The highest BCUT2D eigenvalue weighted by atomic mass is 32.2. The van der Waals surface area contributed by atoms with Crippen LogP contribution in [-0.4, -0.2) is 27.0 Å². The van der Waals surface area contributed by atoms with Gasteiger partial charge in [0, 0.05) is 18.1 Å². The maximum Gasteiger partial charge on any atom is 0.240 e. The van der Waals surface area contributed by atoms with Crippen molar-refractivity contribution in [2.75, 3.05) is 18.9 Å². The molecule has 5 nitrogen and oxygen atoms in total. The van der Waals surface area contributed by atoms with Gasteiger partial charge < -0.3 is 5.32 Å². The zero-order valence-corrected chi connectivity index (χ0v) is 12.1. The highest BCUT2D eigenvalue weighted by molar-refractivity contribution is 7.89. The van der Waals surface area contributed by atoms with Crippen LogP contribution >= 0.6 is 11.3 Å². The molecular formula is C12H15N3O2S2. The molecule has 0 aliphatic rings. The molecule has 0 radical (unpaired) electrons. The molecule has 1 aromatic heterocycles. The van der Waals surface area contributed by atoms with Crippen LogP contribution in [0.1, 0.15) is 5.56 Å². The summed E-state index contributed by atoms with van der Waals surface area (Å²) in [5, 5.41) is 6.02. The van der Waals surface area contributed by atoms with Gasteiger partial charge in [0.25, 0.3) is 0 Å². The Hall–Kier alpha value is -1.44. The topological polar surface area (TPSA) is 71.1 Å². The Balaban J connectivity index is 1.92. The molecule has 0 aliphatic heterocycles. The fourth-order valence-electron chi connectivity index (χ4n) is 1.58. The first-order valence-electron chi connectivity index (χ1n) is 5.78. The van der Waals surface area contributed by atoms with Gasteiger partial charge in [-0.25, -0.2) is 18.1 Å². The molecule has 0 amide bonds. The largest absolute Gasteiger partial charge is 0.361 e. The van der Waals surface area contributed by atoms with E-state index in [4.69, 9.17) is 0 Å². The van der Waals surface area contributed by atoms with Crippen molar-refractivity contribution in [1.82, 2.24) is 9.71 Å². The number of sulfonamides is 1. The van der Waals surface area contributed by atoms with Crippen LogP contribution in [0, 0.1) is 0 Å². The van der Waals surface area contributed by atoms with E-state index in [1.165, 1.54) is 7.05 Å². The van der Waals surface area contributed by atoms with E-state index in [9.17, 15) is 8.42 Å². The molecule has 0 saturated heterocycles. The van der Waals surface area contributed by atoms with Gasteiger partial charge >= 0.3 is 0 Å². The van der Waals surface area contributed by atoms with Crippen molar-refractivity contribution in [2.45, 2.75) is 11.3 Å². The van der Waals surface area contributed by atoms with Crippen molar-refractivity contribution in [3.63, 3.8) is 0 Å². The standard InChI is InChI=1S/C12H15N3O2S2/c1-13-19(16,17)11-4-2-10(3-5-11)6-7-14-12-15-8-9-18-12/h2-5,8-9,13H,6-7H2,1H3,(H,14,15). The Morgan fingerprint density at radius 3 is 2.58 bits per heavy atom. The molecule has 0 saturated carbocycles. The van der Waals surface area contributed by atoms with Crippen LogP contribution < -0.4 is 10.0 Å². The predicted octanol–water partition coefficient (Wildman–Crippen LogP) is 1.71. The lowest BCUT2D eigenvalue weighted by atomic mass is 10.1. The van der Waals surface area contributed by atoms with E-state index in [-0.39, 0.29) is 4.90 Å². The van der Waals surface area contributed by atoms with Gasteiger partial charge in [-0.1, -0.05) is 12.1 Å². The van der Waals surface area contributed by atoms with Crippen LogP contribution in [0.3, 0.4) is 0 Å². The molecule has 0 spiro atoms. The molecule has 2 aromatic rings. The summed E-state index contributed by atoms with van der Waals surface area (Å²) < 4.78 is 25.4. The Morgan fingerprint density at radius 1 is 1.26 bits per heavy atom. The molecule has 0 aliphatic carbocycles. The maximum atomic E-state index is 11.6. The fraction of sp³-hybridized carbons (Fsp3) is 0.250. The average molecular weight is 297 g/mol. The van der Waals surface area contributed by atoms with Crippen LogP contribution in [0.25, 0.3) is 0 Å². The molecule has 1 aromatic carbocycles. The van der Waals surface area contributed by atoms with Gasteiger partial charge in [0.05, 0.1) is 4.90 Å². The van der Waals surface area contributed by atoms with Gasteiger partial charge in [-0.3, -0.25) is 0 Å². The summed E-state index contributed by atoms with van der Waals surface area (Å²) in [6.07, 6.45) is 2.57. The molecule has 0 bridgehead atoms. The third kappa shape index (κ3) is 3.76. The highest BCUT2D eigenvalue weighted by Crippen LogP contribution is 2.12. The zero-order chi connectivity index (χ0) is 13.7. The quantitative estimate of drug-likeness (QED) is 0.851. The second-order valence-corrected chi connectivity index (χ2v) is 6.65. The second kappa shape index (κ2) is 6.14. The molecule has 19 heavy (non-hydrogen) atoms. The summed E-state index contributed by atoms with van der Waals surface area (Å²) in [4.78, 5) is 4.41. The van der Waals surface area contributed by atoms with Crippen LogP contribution in [0.2, 0.25) is 0 Å². The fourth-order valence-corrected chi connectivity index (χ4v) is 2.87. The molecule has 0 fully saturated rings. The third-order valence-corrected chi connectivity index (χ3v) is 4.79. The molecule has 2 N–H and O–H groups in total. The van der Waals surface area contributed by atoms with Crippen molar-refractivity contribution in [3.05, 3.63) is 41.4 Å². The number of nitrogens with zero attached hydrogens (tertiary/aromatic N) is 1. The van der Waals surface area contributed by atoms with Gasteiger partial charge in [0.1, 0.15) is 0 Å². The Labute approximate surface area is 116 Å². The van der Waals surface area contributed by atoms with Crippen molar-refractivity contribution in [1.29, 1.82) is 0 Å². The number of nitrogens with one attached hydrogen (secondary N) is 2. The summed E-state index contributed by atoms with van der Waals surface area (Å²) in [5.41, 5.74) is 1.08. The average Bonchev–Trinajstić information content (AvgIpc) is 2.92. The Bertz CT molecular complexity index is 607. The van der Waals surface area contributed by atoms with Crippen molar-refractivity contribution in [2.24, 2.45) is 0 Å². The van der Waals surface area contributed by atoms with E-state index < -0.39 is 10.0 Å². The van der Waals surface area contributed by atoms with Crippen molar-refractivity contribution >= 4 is 26.5 Å². The first-order valence-corrected chi connectivity index (χ1v) is 8.14. The molecular weight excluding hydrogens is 282 g/mol. The summed E-state index contributed by atoms with van der Waals surface area (Å²) in [6.45, 7) is 0.769. The van der Waals surface area contributed by atoms with Gasteiger partial charge in [-0.05, 0) is 31.2 Å². The summed E-state index contributed by atoms with van der Waals surface area (Å²) in [5.74, 6) is 0. The zero-order valence-electron chi connectivity index (χ0n) is 10.5. The number of anilines is 1. The van der Waals surface area contributed by atoms with Crippen molar-refractivity contribution < 1.29 is 8.42 Å². The number of thiazole rings is 1. The molecule has 0 unspecified atom stereocenters. The first kappa shape index (κ1) is 14.0. The van der Waals surface area contributed by atoms with E-state index >= 15 is 0 Å². The number of hydrogen-bond acceptors (Lipinski definition) is 5. The van der Waals surface area contributed by atoms with E-state index in [2.05, 4.69) is 15.0 Å². The lowest BCUT2D eigenvalue weighted by Crippen LogP contribution is -2.18. The Morgan fingerprint density at radius 2 is 2.00 bits per heavy atom. The van der Waals surface area contributed by atoms with Gasteiger partial charge in [-0.2, -0.15) is 0 Å². The summed E-state index contributed by atoms with van der Waals surface area (Å²) in [6, 6.07) is 6.89. The van der Waals surface area contributed by atoms with Gasteiger partial charge in [0.15, 0.2) is 5.13 Å². The lowest BCUT2D eigenvalue weighted by Gasteiger charge is -2.05. The van der Waals surface area contributed by atoms with Crippen LogP contribution in [0.5, 0.6) is 0 Å². The Kier molecular flexibility index (Phi) is 4.52. The van der Waals surface area contributed by atoms with E-state index in [0.29, 0.717) is 0 Å². The normalized spacial score (nSPS) is 11.4. The second-order valence-electron chi connectivity index (χ2n) is 3.87. The molecule has 7 heteroatoms. The predicted molar refractivity (Wildman–Crippen MR) is 77.0 cm³/mol. The third-order valence-electron chi connectivity index (χ3n) is 2.62. The maximum absolute atomic E-state index is 11.6. The van der Waals surface area contributed by atoms with Gasteiger partial charge in [-0.15, -0.1) is 11.3 Å². The number of benzene rings is 1. The summed E-state index contributed by atoms with van der Waals surface area (Å²) >= 11 is 1.56. The minimum atomic E-state index is -3.34. The van der Waals surface area contributed by atoms with E-state index in [1.54, 1.807) is 29.7 Å². The SMILES string of the molecule is CNS(=O)(=O)c1ccc(CCNc2nccs2)cc1. The monoisotopic (exact) mass is 297 g/mol. The van der Waals surface area contributed by atoms with Gasteiger partial charge in [0.2, 0.25) is 10.0 Å². The van der Waals surface area contributed by atoms with Crippen LogP contribution in [-0.2, 0) is 16.4 Å². The smallest absolute Gasteiger partial charge is 0.240 e. The molecule has 2 rings (SSSR count). The number of rotatable bonds is 6. The van der Waals surface area contributed by atoms with E-state index in [1.807, 2.05) is 17.5 Å².